The molecule has 1 amide bonds. The van der Waals surface area contributed by atoms with Gasteiger partial charge < -0.3 is 14.8 Å². The summed E-state index contributed by atoms with van der Waals surface area (Å²) in [5, 5.41) is 2.56. The molecule has 0 aromatic heterocycles. The Hall–Kier alpha value is -1.64. The van der Waals surface area contributed by atoms with E-state index in [1.165, 1.54) is 14.2 Å². The van der Waals surface area contributed by atoms with Crippen molar-refractivity contribution < 1.29 is 23.9 Å². The zero-order valence-electron chi connectivity index (χ0n) is 11.7. The highest BCUT2D eigenvalue weighted by Crippen LogP contribution is 2.08. The van der Waals surface area contributed by atoms with Gasteiger partial charge in [-0.1, -0.05) is 0 Å². The minimum Gasteiger partial charge on any atom is -0.469 e. The standard InChI is InChI=1S/C14H16INO5/c1-20-12(17)8-7-11(14(19)21-2)16-13(18)9-3-5-10(15)6-4-9/h3-6,11H,7-8H2,1-2H3,(H,16,18)/t11-/m1/s1. The predicted molar refractivity (Wildman–Crippen MR) is 83.7 cm³/mol. The van der Waals surface area contributed by atoms with Crippen molar-refractivity contribution in [3.8, 4) is 0 Å². The van der Waals surface area contributed by atoms with Crippen molar-refractivity contribution in [2.24, 2.45) is 0 Å². The second kappa shape index (κ2) is 8.60. The maximum absolute atomic E-state index is 12.1. The van der Waals surface area contributed by atoms with E-state index in [1.807, 2.05) is 0 Å². The maximum atomic E-state index is 12.1. The lowest BCUT2D eigenvalue weighted by atomic mass is 10.1. The second-order valence-corrected chi connectivity index (χ2v) is 5.42. The van der Waals surface area contributed by atoms with Gasteiger partial charge in [0, 0.05) is 15.6 Å². The first-order valence-electron chi connectivity index (χ1n) is 6.19. The summed E-state index contributed by atoms with van der Waals surface area (Å²) in [6.07, 6.45) is 0.138. The van der Waals surface area contributed by atoms with E-state index in [9.17, 15) is 14.4 Å². The van der Waals surface area contributed by atoms with Gasteiger partial charge >= 0.3 is 11.9 Å². The van der Waals surface area contributed by atoms with Crippen molar-refractivity contribution >= 4 is 40.4 Å². The topological polar surface area (TPSA) is 81.7 Å². The number of rotatable bonds is 6. The summed E-state index contributed by atoms with van der Waals surface area (Å²) in [6, 6.07) is 6.01. The van der Waals surface area contributed by atoms with Crippen LogP contribution in [0.5, 0.6) is 0 Å². The Morgan fingerprint density at radius 3 is 2.29 bits per heavy atom. The summed E-state index contributed by atoms with van der Waals surface area (Å²) in [5.74, 6) is -1.45. The Balaban J connectivity index is 2.71. The molecule has 114 valence electrons. The molecule has 1 N–H and O–H groups in total. The number of carbonyl (C=O) groups excluding carboxylic acids is 3. The third-order valence-electron chi connectivity index (χ3n) is 2.76. The van der Waals surface area contributed by atoms with Gasteiger partial charge in [-0.3, -0.25) is 9.59 Å². The van der Waals surface area contributed by atoms with E-state index >= 15 is 0 Å². The molecule has 0 fully saturated rings. The van der Waals surface area contributed by atoms with Crippen LogP contribution in [0.15, 0.2) is 24.3 Å². The number of ether oxygens (including phenoxy) is 2. The highest BCUT2D eigenvalue weighted by atomic mass is 127. The highest BCUT2D eigenvalue weighted by molar-refractivity contribution is 14.1. The third-order valence-corrected chi connectivity index (χ3v) is 3.48. The molecule has 0 heterocycles. The second-order valence-electron chi connectivity index (χ2n) is 4.17. The lowest BCUT2D eigenvalue weighted by molar-refractivity contribution is -0.144. The van der Waals surface area contributed by atoms with Crippen LogP contribution in [0.4, 0.5) is 0 Å². The van der Waals surface area contributed by atoms with Crippen LogP contribution in [0.25, 0.3) is 0 Å². The van der Waals surface area contributed by atoms with Gasteiger partial charge in [0.25, 0.3) is 5.91 Å². The first-order chi connectivity index (χ1) is 9.97. The minimum absolute atomic E-state index is 0.0171. The van der Waals surface area contributed by atoms with E-state index < -0.39 is 23.9 Å². The van der Waals surface area contributed by atoms with E-state index in [1.54, 1.807) is 24.3 Å². The van der Waals surface area contributed by atoms with E-state index in [4.69, 9.17) is 0 Å². The molecule has 0 bridgehead atoms. The lowest BCUT2D eigenvalue weighted by Gasteiger charge is -2.16. The summed E-state index contributed by atoms with van der Waals surface area (Å²) in [5.41, 5.74) is 0.433. The average molecular weight is 405 g/mol. The molecule has 0 spiro atoms. The van der Waals surface area contributed by atoms with E-state index in [2.05, 4.69) is 37.4 Å². The summed E-state index contributed by atoms with van der Waals surface area (Å²) in [4.78, 5) is 34.8. The Morgan fingerprint density at radius 2 is 1.76 bits per heavy atom. The van der Waals surface area contributed by atoms with Crippen molar-refractivity contribution in [3.63, 3.8) is 0 Å². The van der Waals surface area contributed by atoms with Gasteiger partial charge in [0.2, 0.25) is 0 Å². The Bertz CT molecular complexity index is 515. The van der Waals surface area contributed by atoms with Crippen molar-refractivity contribution in [1.29, 1.82) is 0 Å². The number of carbonyl (C=O) groups is 3. The summed E-state index contributed by atoms with van der Waals surface area (Å²) < 4.78 is 10.1. The van der Waals surface area contributed by atoms with Gasteiger partial charge in [0.15, 0.2) is 0 Å². The Kier molecular flexibility index (Phi) is 7.13. The molecule has 21 heavy (non-hydrogen) atoms. The van der Waals surface area contributed by atoms with Crippen molar-refractivity contribution in [2.45, 2.75) is 18.9 Å². The van der Waals surface area contributed by atoms with Gasteiger partial charge in [-0.05, 0) is 53.3 Å². The number of benzene rings is 1. The first-order valence-corrected chi connectivity index (χ1v) is 7.27. The van der Waals surface area contributed by atoms with Crippen LogP contribution in [0.3, 0.4) is 0 Å². The van der Waals surface area contributed by atoms with Gasteiger partial charge in [0.05, 0.1) is 14.2 Å². The quantitative estimate of drug-likeness (QED) is 0.574. The molecule has 0 saturated heterocycles. The molecule has 0 radical (unpaired) electrons. The summed E-state index contributed by atoms with van der Waals surface area (Å²) >= 11 is 2.13. The lowest BCUT2D eigenvalue weighted by Crippen LogP contribution is -2.41. The van der Waals surface area contributed by atoms with E-state index in [0.29, 0.717) is 5.56 Å². The summed E-state index contributed by atoms with van der Waals surface area (Å²) in [6.45, 7) is 0. The molecule has 1 rings (SSSR count). The number of nitrogens with one attached hydrogen (secondary N) is 1. The number of halogens is 1. The van der Waals surface area contributed by atoms with Crippen molar-refractivity contribution in [2.75, 3.05) is 14.2 Å². The number of hydrogen-bond acceptors (Lipinski definition) is 5. The van der Waals surface area contributed by atoms with Crippen LogP contribution in [0.2, 0.25) is 0 Å². The SMILES string of the molecule is COC(=O)CC[C@@H](NC(=O)c1ccc(I)cc1)C(=O)OC. The third kappa shape index (κ3) is 5.70. The molecule has 0 unspecified atom stereocenters. The first kappa shape index (κ1) is 17.4. The smallest absolute Gasteiger partial charge is 0.328 e. The molecule has 1 atom stereocenters. The van der Waals surface area contributed by atoms with Crippen LogP contribution < -0.4 is 5.32 Å². The van der Waals surface area contributed by atoms with Gasteiger partial charge in [-0.25, -0.2) is 4.79 Å². The molecule has 1 aromatic carbocycles. The fourth-order valence-corrected chi connectivity index (χ4v) is 1.96. The van der Waals surface area contributed by atoms with Crippen LogP contribution in [-0.2, 0) is 19.1 Å². The van der Waals surface area contributed by atoms with Gasteiger partial charge in [0.1, 0.15) is 6.04 Å². The summed E-state index contributed by atoms with van der Waals surface area (Å²) in [7, 11) is 2.49. The largest absolute Gasteiger partial charge is 0.469 e. The maximum Gasteiger partial charge on any atom is 0.328 e. The number of esters is 2. The molecule has 0 aliphatic rings. The Labute approximate surface area is 136 Å². The molecular formula is C14H16INO5. The van der Waals surface area contributed by atoms with Gasteiger partial charge in [-0.15, -0.1) is 0 Å². The average Bonchev–Trinajstić information content (AvgIpc) is 2.50. The number of hydrogen-bond donors (Lipinski definition) is 1. The zero-order chi connectivity index (χ0) is 15.8. The van der Waals surface area contributed by atoms with Crippen LogP contribution in [0, 0.1) is 3.57 Å². The highest BCUT2D eigenvalue weighted by Gasteiger charge is 2.23. The van der Waals surface area contributed by atoms with E-state index in [-0.39, 0.29) is 12.8 Å². The molecule has 0 saturated carbocycles. The predicted octanol–water partition coefficient (Wildman–Crippen LogP) is 1.52. The molecule has 0 aliphatic heterocycles. The fraction of sp³-hybridized carbons (Fsp3) is 0.357. The Morgan fingerprint density at radius 1 is 1.14 bits per heavy atom. The zero-order valence-corrected chi connectivity index (χ0v) is 13.9. The minimum atomic E-state index is -0.888. The number of amides is 1. The molecule has 1 aromatic rings. The molecule has 7 heteroatoms. The van der Waals surface area contributed by atoms with Crippen LogP contribution in [0.1, 0.15) is 23.2 Å². The van der Waals surface area contributed by atoms with E-state index in [0.717, 1.165) is 3.57 Å². The monoisotopic (exact) mass is 405 g/mol. The molecule has 6 nitrogen and oxygen atoms in total. The number of methoxy groups -OCH3 is 2. The normalized spacial score (nSPS) is 11.4. The van der Waals surface area contributed by atoms with Crippen molar-refractivity contribution in [3.05, 3.63) is 33.4 Å². The fourth-order valence-electron chi connectivity index (χ4n) is 1.60. The van der Waals surface area contributed by atoms with Crippen LogP contribution in [-0.4, -0.2) is 38.1 Å². The van der Waals surface area contributed by atoms with Crippen molar-refractivity contribution in [1.82, 2.24) is 5.32 Å². The van der Waals surface area contributed by atoms with Crippen LogP contribution >= 0.6 is 22.6 Å². The molecular weight excluding hydrogens is 389 g/mol. The molecule has 0 aliphatic carbocycles. The van der Waals surface area contributed by atoms with Gasteiger partial charge in [-0.2, -0.15) is 0 Å².